The maximum Gasteiger partial charge on any atom is 0.387 e. The van der Waals surface area contributed by atoms with Crippen LogP contribution in [0.25, 0.3) is 0 Å². The SMILES string of the molecule is CC1=NC([N+](=O)[O-])=CC1.Cc1nc([N+](=O)[O-])c(C(Cl)C(=O)OC(C)(C)C)n1C.Cc1nc([N+](=O)[O-])c(CBr)n1C.Cc1nc([N+](=O)[O-])c(CCl)n1C.Cc1nc([N+](=O)[O-])cn1C. The molecule has 26 nitrogen and oxygen atoms in total. The molecule has 1 unspecified atom stereocenters. The molecule has 0 saturated heterocycles. The fourth-order valence-corrected chi connectivity index (χ4v) is 5.84. The van der Waals surface area contributed by atoms with Gasteiger partial charge < -0.3 is 73.6 Å². The van der Waals surface area contributed by atoms with E-state index in [1.54, 1.807) is 97.3 Å². The Bertz CT molecular complexity index is 2290. The maximum atomic E-state index is 11.9. The summed E-state index contributed by atoms with van der Waals surface area (Å²) in [5.41, 5.74) is 1.16. The quantitative estimate of drug-likeness (QED) is 0.0722. The predicted octanol–water partition coefficient (Wildman–Crippen LogP) is 6.77. The van der Waals surface area contributed by atoms with Crippen LogP contribution in [0, 0.1) is 78.3 Å². The molecular weight excluding hydrogens is 935 g/mol. The molecule has 0 saturated carbocycles. The molecule has 1 aliphatic heterocycles. The highest BCUT2D eigenvalue weighted by atomic mass is 79.9. The molecule has 4 aromatic rings. The first kappa shape index (κ1) is 53.8. The van der Waals surface area contributed by atoms with Crippen molar-refractivity contribution in [2.45, 2.75) is 84.0 Å². The van der Waals surface area contributed by atoms with Gasteiger partial charge in [-0.2, -0.15) is 0 Å². The summed E-state index contributed by atoms with van der Waals surface area (Å²) in [4.78, 5) is 79.8. The molecule has 1 atom stereocenters. The van der Waals surface area contributed by atoms with Crippen LogP contribution in [0.1, 0.15) is 79.9 Å². The van der Waals surface area contributed by atoms with Gasteiger partial charge in [0.2, 0.25) is 23.3 Å². The summed E-state index contributed by atoms with van der Waals surface area (Å²) in [5, 5.41) is 51.0. The van der Waals surface area contributed by atoms with E-state index in [2.05, 4.69) is 40.9 Å². The Morgan fingerprint density at radius 2 is 1.19 bits per heavy atom. The highest BCUT2D eigenvalue weighted by Crippen LogP contribution is 2.32. The minimum absolute atomic E-state index is 0.0208. The van der Waals surface area contributed by atoms with Crippen LogP contribution in [-0.2, 0) is 48.9 Å². The van der Waals surface area contributed by atoms with E-state index >= 15 is 0 Å². The number of aryl methyl sites for hydroxylation is 5. The number of hydrogen-bond acceptors (Lipinski definition) is 17. The number of alkyl halides is 3. The lowest BCUT2D eigenvalue weighted by atomic mass is 10.2. The smallest absolute Gasteiger partial charge is 0.387 e. The fraction of sp³-hybridized carbons (Fsp3) is 0.515. The summed E-state index contributed by atoms with van der Waals surface area (Å²) >= 11 is 14.7. The van der Waals surface area contributed by atoms with Gasteiger partial charge in [0.15, 0.2) is 5.38 Å². The molecule has 0 amide bonds. The highest BCUT2D eigenvalue weighted by Gasteiger charge is 2.35. The lowest BCUT2D eigenvalue weighted by Gasteiger charge is -2.21. The van der Waals surface area contributed by atoms with Gasteiger partial charge in [-0.05, 0) is 77.2 Å². The first-order valence-corrected chi connectivity index (χ1v) is 19.6. The number of rotatable bonds is 9. The van der Waals surface area contributed by atoms with E-state index < -0.39 is 47.4 Å². The van der Waals surface area contributed by atoms with Gasteiger partial charge in [0.1, 0.15) is 34.6 Å². The first-order valence-electron chi connectivity index (χ1n) is 17.5. The number of allylic oxidation sites excluding steroid dienone is 1. The van der Waals surface area contributed by atoms with Crippen molar-refractivity contribution < 1.29 is 34.1 Å². The van der Waals surface area contributed by atoms with Crippen LogP contribution in [0.4, 0.5) is 23.3 Å². The Labute approximate surface area is 371 Å². The van der Waals surface area contributed by atoms with Crippen LogP contribution in [0.5, 0.6) is 0 Å². The van der Waals surface area contributed by atoms with Crippen molar-refractivity contribution in [1.29, 1.82) is 0 Å². The number of nitrogens with zero attached hydrogens (tertiary/aromatic N) is 14. The summed E-state index contributed by atoms with van der Waals surface area (Å²) < 4.78 is 11.5. The molecule has 0 fully saturated rings. The predicted molar refractivity (Wildman–Crippen MR) is 228 cm³/mol. The van der Waals surface area contributed by atoms with Crippen LogP contribution in [-0.4, -0.2) is 80.1 Å². The summed E-state index contributed by atoms with van der Waals surface area (Å²) in [6.45, 7) is 13.6. The van der Waals surface area contributed by atoms with E-state index in [-0.39, 0.29) is 34.8 Å². The van der Waals surface area contributed by atoms with Crippen molar-refractivity contribution in [2.24, 2.45) is 33.2 Å². The first-order chi connectivity index (χ1) is 28.5. The summed E-state index contributed by atoms with van der Waals surface area (Å²) in [6, 6.07) is 0. The molecule has 29 heteroatoms. The van der Waals surface area contributed by atoms with Crippen LogP contribution >= 0.6 is 39.1 Å². The second-order valence-electron chi connectivity index (χ2n) is 13.7. The molecule has 340 valence electrons. The monoisotopic (exact) mass is 978 g/mol. The molecule has 0 aromatic carbocycles. The molecule has 0 bridgehead atoms. The summed E-state index contributed by atoms with van der Waals surface area (Å²) in [5.74, 6) is 0.903. The van der Waals surface area contributed by atoms with E-state index in [0.717, 1.165) is 5.71 Å². The molecule has 0 N–H and O–H groups in total. The van der Waals surface area contributed by atoms with E-state index in [9.17, 15) is 55.4 Å². The van der Waals surface area contributed by atoms with Crippen LogP contribution in [0.2, 0.25) is 0 Å². The van der Waals surface area contributed by atoms with Gasteiger partial charge in [0.05, 0.1) is 11.2 Å². The third-order valence-corrected chi connectivity index (χ3v) is 9.33. The fourth-order valence-electron chi connectivity index (χ4n) is 4.63. The van der Waals surface area contributed by atoms with Crippen LogP contribution in [0.3, 0.4) is 0 Å². The Morgan fingerprint density at radius 3 is 1.48 bits per heavy atom. The van der Waals surface area contributed by atoms with Crippen molar-refractivity contribution >= 4 is 74.1 Å². The van der Waals surface area contributed by atoms with Crippen molar-refractivity contribution in [3.8, 4) is 0 Å². The average Bonchev–Trinajstić information content (AvgIpc) is 3.97. The molecule has 0 aliphatic carbocycles. The largest absolute Gasteiger partial charge is 0.459 e. The minimum Gasteiger partial charge on any atom is -0.459 e. The van der Waals surface area contributed by atoms with E-state index in [0.29, 0.717) is 46.4 Å². The molecule has 5 heterocycles. The van der Waals surface area contributed by atoms with E-state index in [4.69, 9.17) is 27.9 Å². The van der Waals surface area contributed by atoms with Gasteiger partial charge in [0, 0.05) is 68.4 Å². The third kappa shape index (κ3) is 15.0. The Hall–Kier alpha value is -6.22. The number of ether oxygens (including phenoxy) is 1. The molecule has 0 radical (unpaired) electrons. The molecule has 62 heavy (non-hydrogen) atoms. The number of esters is 1. The Morgan fingerprint density at radius 1 is 0.742 bits per heavy atom. The Kier molecular flexibility index (Phi) is 20.1. The number of aromatic nitrogens is 8. The second-order valence-corrected chi connectivity index (χ2v) is 15.0. The molecule has 0 spiro atoms. The second kappa shape index (κ2) is 23.1. The topological polar surface area (TPSA) is 326 Å². The molecular formula is C33H45BrCl2N14O12. The minimum atomic E-state index is -1.27. The third-order valence-electron chi connectivity index (χ3n) is 8.16. The number of hydrogen-bond donors (Lipinski definition) is 0. The number of nitro groups is 5. The van der Waals surface area contributed by atoms with Gasteiger partial charge >= 0.3 is 35.1 Å². The maximum absolute atomic E-state index is 11.9. The summed E-state index contributed by atoms with van der Waals surface area (Å²) in [7, 11) is 6.73. The zero-order chi connectivity index (χ0) is 48.1. The standard InChI is InChI=1S/C11H16ClN3O4.C6H8BrN3O2.C6H8ClN3O2.C5H7N3O2.C5H6N2O2/c1-6-13-9(15(17)18)8(14(6)5)7(12)10(16)19-11(2,3)4;2*1-4-8-6(10(11)12)5(3-7)9(4)2;1-4-6-5(8(9)10)3-7(4)2;1-4-2-3-5(6-4)7(8)9/h7H,1-5H3;2*3H2,1-2H3;3H,1-2H3;3H,2H2,1H3. The van der Waals surface area contributed by atoms with E-state index in [1.165, 1.54) is 16.8 Å². The van der Waals surface area contributed by atoms with Gasteiger partial charge in [-0.3, -0.25) is 0 Å². The molecule has 1 aliphatic rings. The number of carbonyl (C=O) groups is 1. The lowest BCUT2D eigenvalue weighted by Crippen LogP contribution is -2.27. The zero-order valence-corrected chi connectivity index (χ0v) is 38.7. The van der Waals surface area contributed by atoms with Crippen molar-refractivity contribution in [3.05, 3.63) is 109 Å². The number of aliphatic imine (C=N–C) groups is 1. The number of carbonyl (C=O) groups excluding carboxylic acids is 1. The average molecular weight is 981 g/mol. The van der Waals surface area contributed by atoms with Crippen LogP contribution < -0.4 is 0 Å². The normalized spacial score (nSPS) is 12.0. The van der Waals surface area contributed by atoms with E-state index in [1.807, 2.05) is 0 Å². The van der Waals surface area contributed by atoms with Gasteiger partial charge in [-0.15, -0.1) is 23.2 Å². The zero-order valence-electron chi connectivity index (χ0n) is 35.6. The number of imidazole rings is 4. The lowest BCUT2D eigenvalue weighted by molar-refractivity contribution is -0.425. The van der Waals surface area contributed by atoms with Crippen LogP contribution in [0.15, 0.2) is 23.1 Å². The van der Waals surface area contributed by atoms with Gasteiger partial charge in [0.25, 0.3) is 0 Å². The molecule has 5 rings (SSSR count). The van der Waals surface area contributed by atoms with Crippen molar-refractivity contribution in [2.75, 3.05) is 0 Å². The van der Waals surface area contributed by atoms with Gasteiger partial charge in [-0.25, -0.2) is 4.79 Å². The highest BCUT2D eigenvalue weighted by molar-refractivity contribution is 9.08. The summed E-state index contributed by atoms with van der Waals surface area (Å²) in [6.07, 6.45) is 3.51. The molecule has 4 aromatic heterocycles. The Balaban J connectivity index is 0.000000398. The van der Waals surface area contributed by atoms with Crippen molar-refractivity contribution in [3.63, 3.8) is 0 Å². The van der Waals surface area contributed by atoms with Crippen molar-refractivity contribution in [1.82, 2.24) is 38.2 Å². The van der Waals surface area contributed by atoms with Gasteiger partial charge in [-0.1, -0.05) is 15.9 Å². The number of halogens is 3.